The lowest BCUT2D eigenvalue weighted by molar-refractivity contribution is -0.145. The lowest BCUT2D eigenvalue weighted by Gasteiger charge is -2.21. The molecule has 0 radical (unpaired) electrons. The van der Waals surface area contributed by atoms with Crippen LogP contribution >= 0.6 is 21.6 Å². The van der Waals surface area contributed by atoms with Crippen molar-refractivity contribution < 1.29 is 9.53 Å². The van der Waals surface area contributed by atoms with Gasteiger partial charge in [0, 0.05) is 5.75 Å². The quantitative estimate of drug-likeness (QED) is 0.150. The average molecular weight is 377 g/mol. The Hall–Kier alpha value is 0.170. The predicted octanol–water partition coefficient (Wildman–Crippen LogP) is 7.41. The highest BCUT2D eigenvalue weighted by atomic mass is 33.1. The maximum Gasteiger partial charge on any atom is 0.322 e. The second kappa shape index (κ2) is 16.6. The van der Waals surface area contributed by atoms with Crippen molar-refractivity contribution in [2.45, 2.75) is 109 Å². The third-order valence-corrected chi connectivity index (χ3v) is 7.33. The van der Waals surface area contributed by atoms with E-state index in [9.17, 15) is 4.79 Å². The van der Waals surface area contributed by atoms with Gasteiger partial charge in [-0.15, -0.1) is 0 Å². The van der Waals surface area contributed by atoms with Gasteiger partial charge in [-0.25, -0.2) is 0 Å². The first-order chi connectivity index (χ1) is 11.5. The summed E-state index contributed by atoms with van der Waals surface area (Å²) in [5, 5.41) is 0. The van der Waals surface area contributed by atoms with Crippen molar-refractivity contribution in [2.24, 2.45) is 0 Å². The molecule has 0 bridgehead atoms. The third kappa shape index (κ3) is 14.5. The second-order valence-electron chi connectivity index (χ2n) is 7.09. The summed E-state index contributed by atoms with van der Waals surface area (Å²) in [5.41, 5.74) is 0. The minimum atomic E-state index is -0.434. The van der Waals surface area contributed by atoms with Gasteiger partial charge in [0.15, 0.2) is 0 Å². The Morgan fingerprint density at radius 2 is 1.29 bits per heavy atom. The molecule has 0 aromatic carbocycles. The number of unbranched alkanes of at least 4 members (excludes halogenated alkanes) is 10. The Kier molecular flexibility index (Phi) is 16.7. The number of carbonyl (C=O) groups excluding carboxylic acids is 1. The van der Waals surface area contributed by atoms with E-state index in [4.69, 9.17) is 4.74 Å². The highest BCUT2D eigenvalue weighted by Gasteiger charge is 2.30. The van der Waals surface area contributed by atoms with Gasteiger partial charge in [-0.05, 0) is 26.7 Å². The Labute approximate surface area is 159 Å². The monoisotopic (exact) mass is 376 g/mol. The van der Waals surface area contributed by atoms with Crippen molar-refractivity contribution in [3.05, 3.63) is 0 Å². The molecule has 0 aliphatic heterocycles. The average Bonchev–Trinajstić information content (AvgIpc) is 2.56. The molecule has 0 fully saturated rings. The molecule has 0 aliphatic rings. The van der Waals surface area contributed by atoms with E-state index in [1.54, 1.807) is 10.8 Å². The zero-order valence-electron chi connectivity index (χ0n) is 16.5. The van der Waals surface area contributed by atoms with Gasteiger partial charge in [0.25, 0.3) is 0 Å². The van der Waals surface area contributed by atoms with Crippen molar-refractivity contribution in [3.63, 3.8) is 0 Å². The molecule has 0 aromatic heterocycles. The van der Waals surface area contributed by atoms with Gasteiger partial charge in [0.1, 0.15) is 4.75 Å². The van der Waals surface area contributed by atoms with Crippen LogP contribution in [0.2, 0.25) is 0 Å². The molecule has 144 valence electrons. The number of esters is 1. The molecule has 0 saturated carbocycles. The SMILES string of the molecule is CCCCCCCCCCCCSSC(C)(C)C(=O)OCCCC. The molecule has 0 amide bonds. The molecular weight excluding hydrogens is 336 g/mol. The van der Waals surface area contributed by atoms with Crippen molar-refractivity contribution >= 4 is 27.6 Å². The lowest BCUT2D eigenvalue weighted by Crippen LogP contribution is -2.29. The van der Waals surface area contributed by atoms with Gasteiger partial charge < -0.3 is 4.74 Å². The highest BCUT2D eigenvalue weighted by molar-refractivity contribution is 8.77. The van der Waals surface area contributed by atoms with E-state index < -0.39 is 4.75 Å². The van der Waals surface area contributed by atoms with Gasteiger partial charge in [0.2, 0.25) is 0 Å². The highest BCUT2D eigenvalue weighted by Crippen LogP contribution is 2.37. The second-order valence-corrected chi connectivity index (χ2v) is 10.1. The maximum absolute atomic E-state index is 12.0. The maximum atomic E-state index is 12.0. The first kappa shape index (κ1) is 24.2. The number of ether oxygens (including phenoxy) is 1. The first-order valence-corrected chi connectivity index (χ1v) is 12.3. The number of carbonyl (C=O) groups is 1. The summed E-state index contributed by atoms with van der Waals surface area (Å²) in [6, 6.07) is 0. The summed E-state index contributed by atoms with van der Waals surface area (Å²) in [4.78, 5) is 12.0. The molecule has 0 atom stereocenters. The van der Waals surface area contributed by atoms with Crippen LogP contribution in [0.5, 0.6) is 0 Å². The Balaban J connectivity index is 3.43. The number of rotatable bonds is 17. The van der Waals surface area contributed by atoms with Crippen LogP contribution in [0, 0.1) is 0 Å². The van der Waals surface area contributed by atoms with Gasteiger partial charge in [-0.1, -0.05) is 99.6 Å². The van der Waals surface area contributed by atoms with Crippen molar-refractivity contribution in [2.75, 3.05) is 12.4 Å². The molecule has 24 heavy (non-hydrogen) atoms. The molecular formula is C20H40O2S2. The first-order valence-electron chi connectivity index (χ1n) is 10.0. The Bertz CT molecular complexity index is 293. The largest absolute Gasteiger partial charge is 0.465 e. The number of hydrogen-bond donors (Lipinski definition) is 0. The van der Waals surface area contributed by atoms with Crippen molar-refractivity contribution in [1.29, 1.82) is 0 Å². The third-order valence-electron chi connectivity index (χ3n) is 4.07. The van der Waals surface area contributed by atoms with E-state index in [1.165, 1.54) is 64.2 Å². The van der Waals surface area contributed by atoms with Crippen LogP contribution in [-0.4, -0.2) is 23.1 Å². The van der Waals surface area contributed by atoms with Gasteiger partial charge in [-0.2, -0.15) is 0 Å². The Morgan fingerprint density at radius 1 is 0.792 bits per heavy atom. The summed E-state index contributed by atoms with van der Waals surface area (Å²) < 4.78 is 4.90. The molecule has 4 heteroatoms. The van der Waals surface area contributed by atoms with Crippen molar-refractivity contribution in [1.82, 2.24) is 0 Å². The minimum absolute atomic E-state index is 0.0727. The lowest BCUT2D eigenvalue weighted by atomic mass is 10.1. The van der Waals surface area contributed by atoms with E-state index in [2.05, 4.69) is 13.8 Å². The summed E-state index contributed by atoms with van der Waals surface area (Å²) in [7, 11) is 3.49. The summed E-state index contributed by atoms with van der Waals surface area (Å²) in [6.07, 6.45) is 15.7. The van der Waals surface area contributed by atoms with Crippen LogP contribution in [0.3, 0.4) is 0 Å². The van der Waals surface area contributed by atoms with E-state index >= 15 is 0 Å². The van der Waals surface area contributed by atoms with E-state index in [0.717, 1.165) is 18.6 Å². The zero-order chi connectivity index (χ0) is 18.1. The minimum Gasteiger partial charge on any atom is -0.465 e. The molecule has 2 nitrogen and oxygen atoms in total. The molecule has 0 spiro atoms. The van der Waals surface area contributed by atoms with Crippen LogP contribution in [0.15, 0.2) is 0 Å². The molecule has 0 heterocycles. The molecule has 0 aromatic rings. The van der Waals surface area contributed by atoms with Crippen LogP contribution in [-0.2, 0) is 9.53 Å². The number of hydrogen-bond acceptors (Lipinski definition) is 4. The summed E-state index contributed by atoms with van der Waals surface area (Å²) in [5.74, 6) is 1.06. The standard InChI is InChI=1S/C20H40O2S2/c1-5-7-9-10-11-12-13-14-15-16-18-23-24-20(3,4)19(21)22-17-8-6-2/h5-18H2,1-4H3. The summed E-state index contributed by atoms with van der Waals surface area (Å²) >= 11 is 0. The van der Waals surface area contributed by atoms with Gasteiger partial charge in [-0.3, -0.25) is 4.79 Å². The molecule has 0 unspecified atom stereocenters. The fraction of sp³-hybridized carbons (Fsp3) is 0.950. The fourth-order valence-electron chi connectivity index (χ4n) is 2.35. The molecule has 0 rings (SSSR count). The molecule has 0 saturated heterocycles. The van der Waals surface area contributed by atoms with Crippen LogP contribution in [0.1, 0.15) is 105 Å². The fourth-order valence-corrected chi connectivity index (χ4v) is 4.87. The Morgan fingerprint density at radius 3 is 1.83 bits per heavy atom. The molecule has 0 N–H and O–H groups in total. The van der Waals surface area contributed by atoms with E-state index in [1.807, 2.05) is 24.6 Å². The zero-order valence-corrected chi connectivity index (χ0v) is 18.2. The topological polar surface area (TPSA) is 26.3 Å². The summed E-state index contributed by atoms with van der Waals surface area (Å²) in [6.45, 7) is 8.88. The predicted molar refractivity (Wildman–Crippen MR) is 112 cm³/mol. The van der Waals surface area contributed by atoms with Crippen LogP contribution in [0.4, 0.5) is 0 Å². The van der Waals surface area contributed by atoms with Crippen molar-refractivity contribution in [3.8, 4) is 0 Å². The smallest absolute Gasteiger partial charge is 0.322 e. The van der Waals surface area contributed by atoms with Gasteiger partial charge >= 0.3 is 5.97 Å². The van der Waals surface area contributed by atoms with Crippen LogP contribution in [0.25, 0.3) is 0 Å². The molecule has 0 aliphatic carbocycles. The normalized spacial score (nSPS) is 11.7. The van der Waals surface area contributed by atoms with E-state index in [-0.39, 0.29) is 5.97 Å². The van der Waals surface area contributed by atoms with Crippen LogP contribution < -0.4 is 0 Å². The van der Waals surface area contributed by atoms with E-state index in [0.29, 0.717) is 6.61 Å². The van der Waals surface area contributed by atoms with Gasteiger partial charge in [0.05, 0.1) is 6.61 Å².